The van der Waals surface area contributed by atoms with Crippen molar-refractivity contribution in [3.63, 3.8) is 0 Å². The number of rotatable bonds is 0. The Morgan fingerprint density at radius 2 is 2.25 bits per heavy atom. The summed E-state index contributed by atoms with van der Waals surface area (Å²) in [5, 5.41) is 10.8. The summed E-state index contributed by atoms with van der Waals surface area (Å²) in [7, 11) is 0. The van der Waals surface area contributed by atoms with Crippen molar-refractivity contribution in [2.45, 2.75) is 13.8 Å². The van der Waals surface area contributed by atoms with Crippen LogP contribution >= 0.6 is 0 Å². The average molecular weight is 161 g/mol. The lowest BCUT2D eigenvalue weighted by Crippen LogP contribution is -2.24. The van der Waals surface area contributed by atoms with Crippen LogP contribution in [0.4, 0.5) is 0 Å². The van der Waals surface area contributed by atoms with Crippen molar-refractivity contribution in [3.8, 4) is 11.8 Å². The van der Waals surface area contributed by atoms with E-state index >= 15 is 0 Å². The summed E-state index contributed by atoms with van der Waals surface area (Å²) < 4.78 is 0.754. The van der Waals surface area contributed by atoms with E-state index in [1.165, 1.54) is 12.4 Å². The second-order valence-electron chi connectivity index (χ2n) is 2.88. The molecule has 1 aromatic heterocycles. The van der Waals surface area contributed by atoms with Crippen LogP contribution in [-0.4, -0.2) is 0 Å². The van der Waals surface area contributed by atoms with Gasteiger partial charge in [0.1, 0.15) is 0 Å². The number of nitrogens with zero attached hydrogens (tertiary/aromatic N) is 1. The molecule has 0 fully saturated rings. The van der Waals surface area contributed by atoms with Gasteiger partial charge in [0.15, 0.2) is 12.4 Å². The Morgan fingerprint density at radius 1 is 1.50 bits per heavy atom. The lowest BCUT2D eigenvalue weighted by atomic mass is 10.2. The first-order valence-electron chi connectivity index (χ1n) is 3.89. The van der Waals surface area contributed by atoms with Crippen LogP contribution in [0.5, 0.6) is 0 Å². The van der Waals surface area contributed by atoms with E-state index in [0.29, 0.717) is 5.92 Å². The maximum Gasteiger partial charge on any atom is 0.195 e. The first kappa shape index (κ1) is 8.61. The molecule has 0 aromatic carbocycles. The Bertz CT molecular complexity index is 320. The molecule has 0 radical (unpaired) electrons. The van der Waals surface area contributed by atoms with Gasteiger partial charge in [0.05, 0.1) is 5.56 Å². The fourth-order valence-electron chi connectivity index (χ4n) is 0.756. The monoisotopic (exact) mass is 161 g/mol. The fraction of sp³-hybridized carbons (Fsp3) is 0.300. The van der Waals surface area contributed by atoms with Crippen molar-refractivity contribution >= 4 is 0 Å². The molecule has 0 unspecified atom stereocenters. The lowest BCUT2D eigenvalue weighted by Gasteiger charge is -1.93. The third kappa shape index (κ3) is 2.63. The van der Waals surface area contributed by atoms with Crippen molar-refractivity contribution in [2.24, 2.45) is 5.92 Å². The number of hydrogen-bond acceptors (Lipinski definition) is 1. The van der Waals surface area contributed by atoms with Crippen LogP contribution in [0.1, 0.15) is 19.4 Å². The molecule has 0 saturated heterocycles. The Hall–Kier alpha value is -1.49. The second-order valence-corrected chi connectivity index (χ2v) is 2.88. The summed E-state index contributed by atoms with van der Waals surface area (Å²) in [4.78, 5) is 0. The van der Waals surface area contributed by atoms with E-state index in [9.17, 15) is 5.21 Å². The molecule has 12 heavy (non-hydrogen) atoms. The summed E-state index contributed by atoms with van der Waals surface area (Å²) in [6.45, 7) is 4.03. The van der Waals surface area contributed by atoms with Crippen LogP contribution in [0, 0.1) is 23.0 Å². The SMILES string of the molecule is CC(C)C#Cc1ccc[n+]([O-])c1. The zero-order valence-electron chi connectivity index (χ0n) is 7.24. The molecular weight excluding hydrogens is 150 g/mol. The van der Waals surface area contributed by atoms with Crippen LogP contribution in [0.2, 0.25) is 0 Å². The smallest absolute Gasteiger partial charge is 0.195 e. The quantitative estimate of drug-likeness (QED) is 0.320. The molecule has 2 nitrogen and oxygen atoms in total. The van der Waals surface area contributed by atoms with E-state index in [1.54, 1.807) is 6.07 Å². The Labute approximate surface area is 72.4 Å². The van der Waals surface area contributed by atoms with Gasteiger partial charge in [-0.05, 0) is 6.07 Å². The molecule has 0 atom stereocenters. The summed E-state index contributed by atoms with van der Waals surface area (Å²) in [6, 6.07) is 3.51. The van der Waals surface area contributed by atoms with Gasteiger partial charge in [-0.3, -0.25) is 0 Å². The molecule has 2 heteroatoms. The maximum absolute atomic E-state index is 10.8. The molecule has 62 valence electrons. The molecule has 0 aliphatic heterocycles. The van der Waals surface area contributed by atoms with E-state index in [0.717, 1.165) is 10.3 Å². The van der Waals surface area contributed by atoms with Gasteiger partial charge in [-0.25, -0.2) is 0 Å². The van der Waals surface area contributed by atoms with Gasteiger partial charge in [0, 0.05) is 12.0 Å². The third-order valence-electron chi connectivity index (χ3n) is 1.28. The minimum atomic E-state index is 0.338. The van der Waals surface area contributed by atoms with Crippen LogP contribution in [0.3, 0.4) is 0 Å². The molecule has 0 amide bonds. The molecular formula is C10H11NO. The van der Waals surface area contributed by atoms with Gasteiger partial charge in [0.25, 0.3) is 0 Å². The summed E-state index contributed by atoms with van der Waals surface area (Å²) in [5.41, 5.74) is 0.765. The van der Waals surface area contributed by atoms with Crippen molar-refractivity contribution in [2.75, 3.05) is 0 Å². The minimum Gasteiger partial charge on any atom is -0.619 e. The van der Waals surface area contributed by atoms with Crippen molar-refractivity contribution in [1.82, 2.24) is 0 Å². The second kappa shape index (κ2) is 3.77. The standard InChI is InChI=1S/C10H11NO/c1-9(2)5-6-10-4-3-7-11(12)8-10/h3-4,7-9H,1-2H3. The predicted octanol–water partition coefficient (Wildman–Crippen LogP) is 1.33. The minimum absolute atomic E-state index is 0.338. The first-order valence-corrected chi connectivity index (χ1v) is 3.89. The van der Waals surface area contributed by atoms with Gasteiger partial charge in [-0.15, -0.1) is 0 Å². The van der Waals surface area contributed by atoms with Gasteiger partial charge in [0.2, 0.25) is 0 Å². The van der Waals surface area contributed by atoms with Crippen molar-refractivity contribution in [1.29, 1.82) is 0 Å². The van der Waals surface area contributed by atoms with E-state index in [-0.39, 0.29) is 0 Å². The zero-order chi connectivity index (χ0) is 8.97. The molecule has 0 aliphatic rings. The van der Waals surface area contributed by atoms with E-state index in [1.807, 2.05) is 19.9 Å². The van der Waals surface area contributed by atoms with E-state index in [4.69, 9.17) is 0 Å². The van der Waals surface area contributed by atoms with Crippen molar-refractivity contribution in [3.05, 3.63) is 35.3 Å². The van der Waals surface area contributed by atoms with Crippen molar-refractivity contribution < 1.29 is 4.73 Å². The third-order valence-corrected chi connectivity index (χ3v) is 1.28. The van der Waals surface area contributed by atoms with Crippen LogP contribution in [-0.2, 0) is 0 Å². The molecule has 1 rings (SSSR count). The molecule has 0 bridgehead atoms. The Kier molecular flexibility index (Phi) is 2.71. The Balaban J connectivity index is 2.85. The van der Waals surface area contributed by atoms with E-state index < -0.39 is 0 Å². The Morgan fingerprint density at radius 3 is 2.83 bits per heavy atom. The van der Waals surface area contributed by atoms with Gasteiger partial charge in [-0.2, -0.15) is 4.73 Å². The van der Waals surface area contributed by atoms with E-state index in [2.05, 4.69) is 11.8 Å². The normalized spacial score (nSPS) is 9.25. The van der Waals surface area contributed by atoms with Crippen LogP contribution in [0.25, 0.3) is 0 Å². The van der Waals surface area contributed by atoms with Gasteiger partial charge < -0.3 is 5.21 Å². The highest BCUT2D eigenvalue weighted by Crippen LogP contribution is 1.93. The summed E-state index contributed by atoms with van der Waals surface area (Å²) in [5.74, 6) is 6.24. The molecule has 0 N–H and O–H groups in total. The number of pyridine rings is 1. The predicted molar refractivity (Wildman–Crippen MR) is 47.1 cm³/mol. The summed E-state index contributed by atoms with van der Waals surface area (Å²) >= 11 is 0. The topological polar surface area (TPSA) is 26.9 Å². The molecule has 0 aliphatic carbocycles. The highest BCUT2D eigenvalue weighted by Gasteiger charge is 1.91. The average Bonchev–Trinajstić information content (AvgIpc) is 2.01. The van der Waals surface area contributed by atoms with Crippen LogP contribution < -0.4 is 4.73 Å². The summed E-state index contributed by atoms with van der Waals surface area (Å²) in [6.07, 6.45) is 2.91. The lowest BCUT2D eigenvalue weighted by molar-refractivity contribution is -0.605. The zero-order valence-corrected chi connectivity index (χ0v) is 7.24. The maximum atomic E-state index is 10.8. The molecule has 0 saturated carbocycles. The van der Waals surface area contributed by atoms with Crippen LogP contribution in [0.15, 0.2) is 24.5 Å². The highest BCUT2D eigenvalue weighted by atomic mass is 16.5. The number of hydrogen-bond donors (Lipinski definition) is 0. The largest absolute Gasteiger partial charge is 0.619 e. The molecule has 1 aromatic rings. The first-order chi connectivity index (χ1) is 5.68. The number of aromatic nitrogens is 1. The molecule has 0 spiro atoms. The highest BCUT2D eigenvalue weighted by molar-refractivity contribution is 5.30. The van der Waals surface area contributed by atoms with Gasteiger partial charge >= 0.3 is 0 Å². The fourth-order valence-corrected chi connectivity index (χ4v) is 0.756. The van der Waals surface area contributed by atoms with Gasteiger partial charge in [-0.1, -0.05) is 25.7 Å². The molecule has 1 heterocycles.